The second-order valence-corrected chi connectivity index (χ2v) is 9.24. The van der Waals surface area contributed by atoms with Gasteiger partial charge < -0.3 is 5.32 Å². The summed E-state index contributed by atoms with van der Waals surface area (Å²) in [7, 11) is -3.90. The molecule has 0 spiro atoms. The van der Waals surface area contributed by atoms with E-state index in [0.29, 0.717) is 0 Å². The van der Waals surface area contributed by atoms with Crippen LogP contribution in [0, 0.1) is 0 Å². The lowest BCUT2D eigenvalue weighted by Crippen LogP contribution is -2.59. The summed E-state index contributed by atoms with van der Waals surface area (Å²) in [4.78, 5) is 25.1. The van der Waals surface area contributed by atoms with E-state index in [4.69, 9.17) is 5.21 Å². The van der Waals surface area contributed by atoms with Crippen LogP contribution in [0.4, 0.5) is 0 Å². The molecule has 144 valence electrons. The summed E-state index contributed by atoms with van der Waals surface area (Å²) >= 11 is 1.49. The van der Waals surface area contributed by atoms with Gasteiger partial charge in [0.2, 0.25) is 5.91 Å². The molecule has 1 unspecified atom stereocenters. The summed E-state index contributed by atoms with van der Waals surface area (Å²) in [6.45, 7) is 2.39. The van der Waals surface area contributed by atoms with E-state index >= 15 is 0 Å². The van der Waals surface area contributed by atoms with Crippen LogP contribution in [0.2, 0.25) is 0 Å². The molecule has 7 nitrogen and oxygen atoms in total. The summed E-state index contributed by atoms with van der Waals surface area (Å²) < 4.78 is 25.4. The Labute approximate surface area is 162 Å². The molecule has 2 amide bonds. The van der Waals surface area contributed by atoms with E-state index < -0.39 is 32.9 Å². The predicted molar refractivity (Wildman–Crippen MR) is 101 cm³/mol. The second kappa shape index (κ2) is 8.55. The zero-order chi connectivity index (χ0) is 20.1. The van der Waals surface area contributed by atoms with Gasteiger partial charge in [0.25, 0.3) is 5.91 Å². The average Bonchev–Trinajstić information content (AvgIpc) is 2.61. The molecular formula is C18H20N2O5S2. The third-order valence-electron chi connectivity index (χ3n) is 3.70. The fraction of sp³-hybridized carbons (Fsp3) is 0.222. The third kappa shape index (κ3) is 5.56. The molecule has 0 bridgehead atoms. The van der Waals surface area contributed by atoms with E-state index in [1.165, 1.54) is 36.3 Å². The fourth-order valence-electron chi connectivity index (χ4n) is 2.47. The van der Waals surface area contributed by atoms with Crippen molar-refractivity contribution in [2.45, 2.75) is 34.1 Å². The van der Waals surface area contributed by atoms with Gasteiger partial charge in [0.1, 0.15) is 5.54 Å². The molecule has 0 aliphatic carbocycles. The van der Waals surface area contributed by atoms with Crippen LogP contribution in [0.1, 0.15) is 13.8 Å². The van der Waals surface area contributed by atoms with Crippen LogP contribution in [-0.4, -0.2) is 36.7 Å². The van der Waals surface area contributed by atoms with Gasteiger partial charge in [0.05, 0.1) is 10.6 Å². The molecule has 1 atom stereocenters. The topological polar surface area (TPSA) is 113 Å². The maximum atomic E-state index is 12.7. The van der Waals surface area contributed by atoms with Crippen molar-refractivity contribution >= 4 is 33.4 Å². The predicted octanol–water partition coefficient (Wildman–Crippen LogP) is 2.01. The highest BCUT2D eigenvalue weighted by atomic mass is 32.2. The van der Waals surface area contributed by atoms with Gasteiger partial charge in [0, 0.05) is 16.7 Å². The number of nitrogens with one attached hydrogen (secondary N) is 2. The number of sulfone groups is 1. The van der Waals surface area contributed by atoms with Crippen LogP contribution in [0.25, 0.3) is 0 Å². The molecule has 0 aliphatic rings. The molecule has 0 saturated carbocycles. The number of amides is 2. The van der Waals surface area contributed by atoms with E-state index in [1.54, 1.807) is 12.1 Å². The van der Waals surface area contributed by atoms with Crippen molar-refractivity contribution in [3.8, 4) is 0 Å². The Morgan fingerprint density at radius 3 is 2.11 bits per heavy atom. The summed E-state index contributed by atoms with van der Waals surface area (Å²) in [5.74, 6) is -2.31. The molecule has 0 aliphatic heterocycles. The van der Waals surface area contributed by atoms with E-state index in [2.05, 4.69) is 5.32 Å². The van der Waals surface area contributed by atoms with Crippen LogP contribution in [0.3, 0.4) is 0 Å². The van der Waals surface area contributed by atoms with E-state index in [-0.39, 0.29) is 4.90 Å². The van der Waals surface area contributed by atoms with Crippen molar-refractivity contribution in [1.29, 1.82) is 0 Å². The molecule has 3 N–H and O–H groups in total. The highest BCUT2D eigenvalue weighted by Crippen LogP contribution is 2.28. The SMILES string of the molecule is CC(=O)NC(C)(CS(=O)(=O)c1ccc(Sc2ccccc2)cc1)C(=O)NO. The van der Waals surface area contributed by atoms with Crippen molar-refractivity contribution in [1.82, 2.24) is 10.8 Å². The average molecular weight is 409 g/mol. The largest absolute Gasteiger partial charge is 0.341 e. The number of benzene rings is 2. The Morgan fingerprint density at radius 1 is 1.04 bits per heavy atom. The molecular weight excluding hydrogens is 388 g/mol. The lowest BCUT2D eigenvalue weighted by molar-refractivity contribution is -0.137. The summed E-state index contributed by atoms with van der Waals surface area (Å²) in [5, 5.41) is 11.2. The van der Waals surface area contributed by atoms with Gasteiger partial charge in [-0.15, -0.1) is 0 Å². The Morgan fingerprint density at radius 2 is 1.59 bits per heavy atom. The lowest BCUT2D eigenvalue weighted by atomic mass is 10.1. The summed E-state index contributed by atoms with van der Waals surface area (Å²) in [6.07, 6.45) is 0. The molecule has 0 aromatic heterocycles. The molecule has 0 saturated heterocycles. The highest BCUT2D eigenvalue weighted by molar-refractivity contribution is 7.99. The monoisotopic (exact) mass is 408 g/mol. The number of carbonyl (C=O) groups is 2. The van der Waals surface area contributed by atoms with Gasteiger partial charge in [-0.05, 0) is 43.3 Å². The minimum Gasteiger partial charge on any atom is -0.341 e. The Kier molecular flexibility index (Phi) is 6.63. The van der Waals surface area contributed by atoms with Crippen LogP contribution >= 0.6 is 11.8 Å². The quantitative estimate of drug-likeness (QED) is 0.477. The normalized spacial score (nSPS) is 13.4. The minimum absolute atomic E-state index is 0.0160. The van der Waals surface area contributed by atoms with Crippen molar-refractivity contribution in [2.75, 3.05) is 5.75 Å². The van der Waals surface area contributed by atoms with Crippen molar-refractivity contribution < 1.29 is 23.2 Å². The maximum Gasteiger partial charge on any atom is 0.269 e. The van der Waals surface area contributed by atoms with Gasteiger partial charge in [-0.25, -0.2) is 13.9 Å². The van der Waals surface area contributed by atoms with Gasteiger partial charge in [-0.1, -0.05) is 30.0 Å². The Hall–Kier alpha value is -2.36. The van der Waals surface area contributed by atoms with Gasteiger partial charge in [-0.3, -0.25) is 14.8 Å². The molecule has 2 rings (SSSR count). The number of rotatable bonds is 7. The smallest absolute Gasteiger partial charge is 0.269 e. The van der Waals surface area contributed by atoms with E-state index in [1.807, 2.05) is 30.3 Å². The van der Waals surface area contributed by atoms with Crippen molar-refractivity contribution in [2.24, 2.45) is 0 Å². The number of carbonyl (C=O) groups excluding carboxylic acids is 2. The fourth-order valence-corrected chi connectivity index (χ4v) is 4.99. The molecule has 0 fully saturated rings. The molecule has 0 heterocycles. The lowest BCUT2D eigenvalue weighted by Gasteiger charge is -2.27. The van der Waals surface area contributed by atoms with Crippen LogP contribution in [0.15, 0.2) is 69.3 Å². The van der Waals surface area contributed by atoms with Gasteiger partial charge in [-0.2, -0.15) is 0 Å². The first-order valence-electron chi connectivity index (χ1n) is 7.95. The van der Waals surface area contributed by atoms with Gasteiger partial charge in [0.15, 0.2) is 9.84 Å². The van der Waals surface area contributed by atoms with E-state index in [9.17, 15) is 18.0 Å². The number of hydrogen-bond acceptors (Lipinski definition) is 6. The standard InChI is InChI=1S/C18H20N2O5S2/c1-13(21)19-18(2,17(22)20-23)12-27(24,25)16-10-8-15(9-11-16)26-14-6-4-3-5-7-14/h3-11,23H,12H2,1-2H3,(H,19,21)(H,20,22). The molecule has 9 heteroatoms. The third-order valence-corrected chi connectivity index (χ3v) is 6.66. The Bertz CT molecular complexity index is 915. The maximum absolute atomic E-state index is 12.7. The first-order chi connectivity index (χ1) is 12.7. The molecule has 2 aromatic rings. The molecule has 0 radical (unpaired) electrons. The van der Waals surface area contributed by atoms with Crippen LogP contribution in [0.5, 0.6) is 0 Å². The minimum atomic E-state index is -3.90. The second-order valence-electron chi connectivity index (χ2n) is 6.10. The zero-order valence-corrected chi connectivity index (χ0v) is 16.4. The molecule has 27 heavy (non-hydrogen) atoms. The number of hydroxylamine groups is 1. The first-order valence-corrected chi connectivity index (χ1v) is 10.4. The van der Waals surface area contributed by atoms with Crippen molar-refractivity contribution in [3.05, 3.63) is 54.6 Å². The Balaban J connectivity index is 2.22. The summed E-state index contributed by atoms with van der Waals surface area (Å²) in [6, 6.07) is 15.9. The van der Waals surface area contributed by atoms with Crippen molar-refractivity contribution in [3.63, 3.8) is 0 Å². The van der Waals surface area contributed by atoms with Crippen LogP contribution < -0.4 is 10.8 Å². The van der Waals surface area contributed by atoms with Crippen LogP contribution in [-0.2, 0) is 19.4 Å². The zero-order valence-electron chi connectivity index (χ0n) is 14.8. The molecule has 2 aromatic carbocycles. The van der Waals surface area contributed by atoms with E-state index in [0.717, 1.165) is 16.7 Å². The summed E-state index contributed by atoms with van der Waals surface area (Å²) in [5.41, 5.74) is -0.409. The highest BCUT2D eigenvalue weighted by Gasteiger charge is 2.39. The van der Waals surface area contributed by atoms with Gasteiger partial charge >= 0.3 is 0 Å². The first kappa shape index (κ1) is 20.9. The number of hydrogen-bond donors (Lipinski definition) is 3.